The normalized spacial score (nSPS) is 11.9. The van der Waals surface area contributed by atoms with E-state index in [1.165, 1.54) is 12.1 Å². The number of aromatic carboxylic acids is 1. The summed E-state index contributed by atoms with van der Waals surface area (Å²) in [5, 5.41) is 15.7. The number of hydrogen-bond acceptors (Lipinski definition) is 3. The van der Waals surface area contributed by atoms with Gasteiger partial charge in [-0.15, -0.1) is 0 Å². The largest absolute Gasteiger partial charge is 0.478 e. The number of carbonyl (C=O) groups is 2. The molecule has 1 aromatic carbocycles. The fourth-order valence-corrected chi connectivity index (χ4v) is 1.80. The molecule has 0 aliphatic carbocycles. The van der Waals surface area contributed by atoms with E-state index in [1.54, 1.807) is 43.1 Å². The van der Waals surface area contributed by atoms with Crippen LogP contribution in [0, 0.1) is 6.92 Å². The van der Waals surface area contributed by atoms with Crippen molar-refractivity contribution in [2.75, 3.05) is 5.32 Å². The second kappa shape index (κ2) is 5.56. The van der Waals surface area contributed by atoms with Crippen LogP contribution in [0.5, 0.6) is 0 Å². The highest BCUT2D eigenvalue weighted by Crippen LogP contribution is 2.18. The van der Waals surface area contributed by atoms with Crippen molar-refractivity contribution in [2.24, 2.45) is 0 Å². The third kappa shape index (κ3) is 2.85. The van der Waals surface area contributed by atoms with Gasteiger partial charge in [0.15, 0.2) is 0 Å². The Bertz CT molecular complexity index is 635. The predicted molar refractivity (Wildman–Crippen MR) is 73.7 cm³/mol. The highest BCUT2D eigenvalue weighted by atomic mass is 16.4. The van der Waals surface area contributed by atoms with Gasteiger partial charge in [0.2, 0.25) is 5.91 Å². The lowest BCUT2D eigenvalue weighted by atomic mass is 10.1. The minimum atomic E-state index is -0.990. The zero-order valence-corrected chi connectivity index (χ0v) is 11.2. The Kier molecular flexibility index (Phi) is 3.84. The van der Waals surface area contributed by atoms with Crippen molar-refractivity contribution in [1.82, 2.24) is 9.78 Å². The summed E-state index contributed by atoms with van der Waals surface area (Å²) in [5.74, 6) is -1.20. The average Bonchev–Trinajstić information content (AvgIpc) is 2.93. The predicted octanol–water partition coefficient (Wildman–Crippen LogP) is 2.09. The lowest BCUT2D eigenvalue weighted by Crippen LogP contribution is -2.24. The molecular formula is C14H15N3O3. The van der Waals surface area contributed by atoms with Gasteiger partial charge in [0.1, 0.15) is 6.04 Å². The molecule has 0 aliphatic rings. The number of rotatable bonds is 4. The van der Waals surface area contributed by atoms with E-state index >= 15 is 0 Å². The number of amides is 1. The minimum absolute atomic E-state index is 0.195. The van der Waals surface area contributed by atoms with E-state index in [0.29, 0.717) is 11.3 Å². The van der Waals surface area contributed by atoms with Crippen molar-refractivity contribution in [2.45, 2.75) is 19.9 Å². The minimum Gasteiger partial charge on any atom is -0.478 e. The molecule has 104 valence electrons. The summed E-state index contributed by atoms with van der Waals surface area (Å²) in [4.78, 5) is 22.9. The smallest absolute Gasteiger partial charge is 0.335 e. The second-order valence-corrected chi connectivity index (χ2v) is 4.49. The van der Waals surface area contributed by atoms with Crippen LogP contribution in [0.4, 0.5) is 5.69 Å². The Morgan fingerprint density at radius 3 is 2.70 bits per heavy atom. The van der Waals surface area contributed by atoms with Gasteiger partial charge in [0.25, 0.3) is 0 Å². The van der Waals surface area contributed by atoms with E-state index < -0.39 is 12.0 Å². The van der Waals surface area contributed by atoms with Crippen LogP contribution in [-0.4, -0.2) is 26.8 Å². The molecule has 0 spiro atoms. The maximum absolute atomic E-state index is 12.1. The molecule has 20 heavy (non-hydrogen) atoms. The monoisotopic (exact) mass is 273 g/mol. The SMILES string of the molecule is Cc1cc(C(=O)O)ccc1NC(=O)C(C)n1cccn1. The third-order valence-electron chi connectivity index (χ3n) is 3.03. The van der Waals surface area contributed by atoms with E-state index in [0.717, 1.165) is 0 Å². The summed E-state index contributed by atoms with van der Waals surface area (Å²) < 4.78 is 1.55. The number of benzene rings is 1. The van der Waals surface area contributed by atoms with Gasteiger partial charge in [-0.05, 0) is 43.7 Å². The van der Waals surface area contributed by atoms with Crippen LogP contribution < -0.4 is 5.32 Å². The summed E-state index contributed by atoms with van der Waals surface area (Å²) in [6.07, 6.45) is 3.32. The quantitative estimate of drug-likeness (QED) is 0.893. The molecule has 0 bridgehead atoms. The van der Waals surface area contributed by atoms with E-state index in [-0.39, 0.29) is 11.5 Å². The van der Waals surface area contributed by atoms with Crippen LogP contribution in [0.1, 0.15) is 28.9 Å². The maximum atomic E-state index is 12.1. The first-order valence-electron chi connectivity index (χ1n) is 6.13. The number of hydrogen-bond donors (Lipinski definition) is 2. The van der Waals surface area contributed by atoms with Gasteiger partial charge in [-0.3, -0.25) is 9.48 Å². The number of carboxylic acid groups (broad SMARTS) is 1. The van der Waals surface area contributed by atoms with Gasteiger partial charge in [0.05, 0.1) is 5.56 Å². The number of anilines is 1. The fourth-order valence-electron chi connectivity index (χ4n) is 1.80. The van der Waals surface area contributed by atoms with Gasteiger partial charge in [-0.25, -0.2) is 4.79 Å². The van der Waals surface area contributed by atoms with Crippen LogP contribution in [0.25, 0.3) is 0 Å². The molecule has 2 aromatic rings. The van der Waals surface area contributed by atoms with E-state index in [1.807, 2.05) is 0 Å². The van der Waals surface area contributed by atoms with Crippen molar-refractivity contribution in [3.63, 3.8) is 0 Å². The molecule has 0 saturated heterocycles. The molecule has 2 N–H and O–H groups in total. The summed E-state index contributed by atoms with van der Waals surface area (Å²) in [6, 6.07) is 5.88. The van der Waals surface area contributed by atoms with Crippen molar-refractivity contribution < 1.29 is 14.7 Å². The fraction of sp³-hybridized carbons (Fsp3) is 0.214. The molecule has 1 aromatic heterocycles. The molecule has 6 heteroatoms. The summed E-state index contributed by atoms with van der Waals surface area (Å²) in [5.41, 5.74) is 1.49. The summed E-state index contributed by atoms with van der Waals surface area (Å²) >= 11 is 0. The lowest BCUT2D eigenvalue weighted by Gasteiger charge is -2.14. The molecule has 6 nitrogen and oxygen atoms in total. The first-order valence-corrected chi connectivity index (χ1v) is 6.13. The molecule has 0 fully saturated rings. The number of aromatic nitrogens is 2. The maximum Gasteiger partial charge on any atom is 0.335 e. The Balaban J connectivity index is 2.14. The topological polar surface area (TPSA) is 84.2 Å². The van der Waals surface area contributed by atoms with E-state index in [2.05, 4.69) is 10.4 Å². The average molecular weight is 273 g/mol. The molecule has 2 rings (SSSR count). The van der Waals surface area contributed by atoms with Crippen LogP contribution in [0.15, 0.2) is 36.7 Å². The lowest BCUT2D eigenvalue weighted by molar-refractivity contribution is -0.119. The van der Waals surface area contributed by atoms with Crippen LogP contribution in [0.2, 0.25) is 0 Å². The number of aryl methyl sites for hydroxylation is 1. The number of nitrogens with zero attached hydrogens (tertiary/aromatic N) is 2. The Labute approximate surface area is 116 Å². The highest BCUT2D eigenvalue weighted by Gasteiger charge is 2.16. The molecule has 0 saturated carbocycles. The third-order valence-corrected chi connectivity index (χ3v) is 3.03. The Morgan fingerprint density at radius 1 is 1.40 bits per heavy atom. The molecule has 1 heterocycles. The molecule has 1 atom stereocenters. The molecule has 0 aliphatic heterocycles. The number of carbonyl (C=O) groups excluding carboxylic acids is 1. The van der Waals surface area contributed by atoms with Crippen molar-refractivity contribution >= 4 is 17.6 Å². The Morgan fingerprint density at radius 2 is 2.15 bits per heavy atom. The molecule has 0 radical (unpaired) electrons. The van der Waals surface area contributed by atoms with Gasteiger partial charge in [0, 0.05) is 18.1 Å². The summed E-state index contributed by atoms with van der Waals surface area (Å²) in [7, 11) is 0. The van der Waals surface area contributed by atoms with Gasteiger partial charge in [-0.1, -0.05) is 0 Å². The highest BCUT2D eigenvalue weighted by molar-refractivity contribution is 5.95. The standard InChI is InChI=1S/C14H15N3O3/c1-9-8-11(14(19)20)4-5-12(9)16-13(18)10(2)17-7-3-6-15-17/h3-8,10H,1-2H3,(H,16,18)(H,19,20). The number of nitrogens with one attached hydrogen (secondary N) is 1. The van der Waals surface area contributed by atoms with Crippen molar-refractivity contribution in [3.05, 3.63) is 47.8 Å². The first-order chi connectivity index (χ1) is 9.49. The number of carboxylic acids is 1. The van der Waals surface area contributed by atoms with Gasteiger partial charge in [-0.2, -0.15) is 5.10 Å². The zero-order chi connectivity index (χ0) is 14.7. The van der Waals surface area contributed by atoms with E-state index in [4.69, 9.17) is 5.11 Å². The second-order valence-electron chi connectivity index (χ2n) is 4.49. The van der Waals surface area contributed by atoms with Crippen molar-refractivity contribution in [3.8, 4) is 0 Å². The van der Waals surface area contributed by atoms with Crippen molar-refractivity contribution in [1.29, 1.82) is 0 Å². The van der Waals surface area contributed by atoms with Gasteiger partial charge < -0.3 is 10.4 Å². The molecule has 1 unspecified atom stereocenters. The Hall–Kier alpha value is -2.63. The van der Waals surface area contributed by atoms with E-state index in [9.17, 15) is 9.59 Å². The van der Waals surface area contributed by atoms with Gasteiger partial charge >= 0.3 is 5.97 Å². The molecular weight excluding hydrogens is 258 g/mol. The van der Waals surface area contributed by atoms with Crippen LogP contribution in [0.3, 0.4) is 0 Å². The summed E-state index contributed by atoms with van der Waals surface area (Å²) in [6.45, 7) is 3.49. The van der Waals surface area contributed by atoms with Crippen LogP contribution >= 0.6 is 0 Å². The van der Waals surface area contributed by atoms with Crippen LogP contribution in [-0.2, 0) is 4.79 Å². The first kappa shape index (κ1) is 13.8. The molecule has 1 amide bonds. The zero-order valence-electron chi connectivity index (χ0n) is 11.2.